The first-order chi connectivity index (χ1) is 7.02. The van der Waals surface area contributed by atoms with Crippen LogP contribution in [0.15, 0.2) is 6.07 Å². The van der Waals surface area contributed by atoms with E-state index >= 15 is 0 Å². The highest BCUT2D eigenvalue weighted by Crippen LogP contribution is 2.37. The van der Waals surface area contributed by atoms with E-state index in [2.05, 4.69) is 0 Å². The minimum absolute atomic E-state index is 0.0608. The maximum atomic E-state index is 11.0. The molecule has 0 bridgehead atoms. The van der Waals surface area contributed by atoms with Gasteiger partial charge in [-0.2, -0.15) is 0 Å². The molecule has 5 heteroatoms. The van der Waals surface area contributed by atoms with Crippen molar-refractivity contribution in [2.24, 2.45) is 0 Å². The average Bonchev–Trinajstić information content (AvgIpc) is 2.20. The third kappa shape index (κ3) is 1.81. The molecule has 82 valence electrons. The van der Waals surface area contributed by atoms with E-state index in [1.54, 1.807) is 13.0 Å². The molecule has 0 amide bonds. The molecule has 0 saturated carbocycles. The lowest BCUT2D eigenvalue weighted by Gasteiger charge is -2.14. The number of anilines is 1. The maximum Gasteiger partial charge on any atom is 0.341 e. The number of benzene rings is 1. The Kier molecular flexibility index (Phi) is 3.04. The summed E-state index contributed by atoms with van der Waals surface area (Å²) >= 11 is 0. The van der Waals surface area contributed by atoms with Gasteiger partial charge in [-0.25, -0.2) is 4.79 Å². The Balaban J connectivity index is 3.56. The quantitative estimate of drug-likeness (QED) is 0.736. The summed E-state index contributed by atoms with van der Waals surface area (Å²) < 4.78 is 10.00. The van der Waals surface area contributed by atoms with E-state index in [0.717, 1.165) is 0 Å². The van der Waals surface area contributed by atoms with Crippen molar-refractivity contribution in [3.8, 4) is 11.5 Å². The molecule has 0 spiro atoms. The zero-order chi connectivity index (χ0) is 11.6. The van der Waals surface area contributed by atoms with Crippen molar-refractivity contribution >= 4 is 11.7 Å². The SMILES string of the molecule is COc1cc(C)c(N)c(C(=O)O)c1OC. The summed E-state index contributed by atoms with van der Waals surface area (Å²) in [6, 6.07) is 1.64. The number of rotatable bonds is 3. The molecule has 0 aromatic heterocycles. The van der Waals surface area contributed by atoms with Gasteiger partial charge in [0.05, 0.1) is 19.9 Å². The van der Waals surface area contributed by atoms with Gasteiger partial charge in [0.25, 0.3) is 0 Å². The van der Waals surface area contributed by atoms with Crippen LogP contribution in [-0.2, 0) is 0 Å². The van der Waals surface area contributed by atoms with E-state index in [1.165, 1.54) is 14.2 Å². The van der Waals surface area contributed by atoms with Gasteiger partial charge in [-0.3, -0.25) is 0 Å². The van der Waals surface area contributed by atoms with E-state index < -0.39 is 5.97 Å². The van der Waals surface area contributed by atoms with Crippen LogP contribution in [0.3, 0.4) is 0 Å². The summed E-state index contributed by atoms with van der Waals surface area (Å²) in [7, 11) is 2.82. The Labute approximate surface area is 87.4 Å². The fourth-order valence-corrected chi connectivity index (χ4v) is 1.35. The number of nitrogens with two attached hydrogens (primary N) is 1. The summed E-state index contributed by atoms with van der Waals surface area (Å²) in [5.74, 6) is -0.624. The van der Waals surface area contributed by atoms with Crippen molar-refractivity contribution < 1.29 is 19.4 Å². The second-order valence-electron chi connectivity index (χ2n) is 3.02. The molecule has 0 radical (unpaired) electrons. The minimum Gasteiger partial charge on any atom is -0.493 e. The first-order valence-corrected chi connectivity index (χ1v) is 4.27. The summed E-state index contributed by atoms with van der Waals surface area (Å²) in [6.45, 7) is 1.71. The molecular formula is C10H13NO4. The van der Waals surface area contributed by atoms with Gasteiger partial charge in [0.2, 0.25) is 0 Å². The fourth-order valence-electron chi connectivity index (χ4n) is 1.35. The third-order valence-corrected chi connectivity index (χ3v) is 2.13. The zero-order valence-corrected chi connectivity index (χ0v) is 8.83. The maximum absolute atomic E-state index is 11.0. The van der Waals surface area contributed by atoms with Crippen molar-refractivity contribution in [1.29, 1.82) is 0 Å². The van der Waals surface area contributed by atoms with Gasteiger partial charge < -0.3 is 20.3 Å². The Morgan fingerprint density at radius 1 is 1.40 bits per heavy atom. The molecule has 0 heterocycles. The second-order valence-corrected chi connectivity index (χ2v) is 3.02. The number of aryl methyl sites for hydroxylation is 1. The van der Waals surface area contributed by atoms with Crippen LogP contribution >= 0.6 is 0 Å². The molecule has 0 atom stereocenters. The van der Waals surface area contributed by atoms with Gasteiger partial charge >= 0.3 is 5.97 Å². The van der Waals surface area contributed by atoms with Crippen LogP contribution in [0.2, 0.25) is 0 Å². The molecule has 1 aromatic rings. The van der Waals surface area contributed by atoms with Gasteiger partial charge in [0, 0.05) is 0 Å². The molecule has 0 aliphatic rings. The van der Waals surface area contributed by atoms with Gasteiger partial charge in [0.15, 0.2) is 11.5 Å². The summed E-state index contributed by atoms with van der Waals surface area (Å²) in [5.41, 5.74) is 6.44. The number of carboxylic acids is 1. The molecule has 5 nitrogen and oxygen atoms in total. The van der Waals surface area contributed by atoms with Crippen molar-refractivity contribution in [2.45, 2.75) is 6.92 Å². The number of ether oxygens (including phenoxy) is 2. The summed E-state index contributed by atoms with van der Waals surface area (Å²) in [4.78, 5) is 11.0. The van der Waals surface area contributed by atoms with Crippen molar-refractivity contribution in [2.75, 3.05) is 20.0 Å². The highest BCUT2D eigenvalue weighted by molar-refractivity contribution is 5.98. The van der Waals surface area contributed by atoms with Crippen LogP contribution in [0.25, 0.3) is 0 Å². The van der Waals surface area contributed by atoms with Crippen molar-refractivity contribution in [3.63, 3.8) is 0 Å². The monoisotopic (exact) mass is 211 g/mol. The number of carboxylic acid groups (broad SMARTS) is 1. The van der Waals surface area contributed by atoms with Gasteiger partial charge in [0.1, 0.15) is 5.56 Å². The van der Waals surface area contributed by atoms with Crippen LogP contribution < -0.4 is 15.2 Å². The number of methoxy groups -OCH3 is 2. The number of hydrogen-bond acceptors (Lipinski definition) is 4. The molecule has 1 aromatic carbocycles. The Morgan fingerprint density at radius 3 is 2.40 bits per heavy atom. The van der Waals surface area contributed by atoms with Crippen LogP contribution in [0.5, 0.6) is 11.5 Å². The third-order valence-electron chi connectivity index (χ3n) is 2.13. The normalized spacial score (nSPS) is 9.80. The second kappa shape index (κ2) is 4.08. The molecular weight excluding hydrogens is 198 g/mol. The lowest BCUT2D eigenvalue weighted by molar-refractivity contribution is 0.0693. The predicted molar refractivity (Wildman–Crippen MR) is 55.7 cm³/mol. The molecule has 1 rings (SSSR count). The molecule has 0 saturated heterocycles. The molecule has 3 N–H and O–H groups in total. The number of carbonyl (C=O) groups is 1. The standard InChI is InChI=1S/C10H13NO4/c1-5-4-6(14-2)9(15-3)7(8(5)11)10(12)13/h4H,11H2,1-3H3,(H,12,13). The van der Waals surface area contributed by atoms with Crippen molar-refractivity contribution in [1.82, 2.24) is 0 Å². The zero-order valence-electron chi connectivity index (χ0n) is 8.83. The van der Waals surface area contributed by atoms with Crippen LogP contribution in [0, 0.1) is 6.92 Å². The average molecular weight is 211 g/mol. The van der Waals surface area contributed by atoms with Gasteiger partial charge in [-0.15, -0.1) is 0 Å². The minimum atomic E-state index is -1.13. The lowest BCUT2D eigenvalue weighted by Crippen LogP contribution is -2.08. The highest BCUT2D eigenvalue weighted by atomic mass is 16.5. The smallest absolute Gasteiger partial charge is 0.341 e. The van der Waals surface area contributed by atoms with Crippen LogP contribution in [-0.4, -0.2) is 25.3 Å². The molecule has 0 unspecified atom stereocenters. The Hall–Kier alpha value is -1.91. The van der Waals surface area contributed by atoms with E-state index in [9.17, 15) is 4.79 Å². The highest BCUT2D eigenvalue weighted by Gasteiger charge is 2.21. The van der Waals surface area contributed by atoms with Crippen LogP contribution in [0.1, 0.15) is 15.9 Å². The van der Waals surface area contributed by atoms with Gasteiger partial charge in [-0.05, 0) is 18.6 Å². The number of hydrogen-bond donors (Lipinski definition) is 2. The molecule has 0 fully saturated rings. The summed E-state index contributed by atoms with van der Waals surface area (Å²) in [6.07, 6.45) is 0. The topological polar surface area (TPSA) is 81.8 Å². The molecule has 0 aliphatic carbocycles. The lowest BCUT2D eigenvalue weighted by atomic mass is 10.1. The first-order valence-electron chi connectivity index (χ1n) is 4.27. The number of nitrogen functional groups attached to an aromatic ring is 1. The van der Waals surface area contributed by atoms with E-state index in [4.69, 9.17) is 20.3 Å². The Morgan fingerprint density at radius 2 is 2.00 bits per heavy atom. The predicted octanol–water partition coefficient (Wildman–Crippen LogP) is 1.29. The van der Waals surface area contributed by atoms with Crippen molar-refractivity contribution in [3.05, 3.63) is 17.2 Å². The van der Waals surface area contributed by atoms with Gasteiger partial charge in [-0.1, -0.05) is 0 Å². The summed E-state index contributed by atoms with van der Waals surface area (Å²) in [5, 5.41) is 9.01. The first kappa shape index (κ1) is 11.2. The van der Waals surface area contributed by atoms with E-state index in [1.807, 2.05) is 0 Å². The number of aromatic carboxylic acids is 1. The molecule has 0 aliphatic heterocycles. The van der Waals surface area contributed by atoms with E-state index in [0.29, 0.717) is 11.3 Å². The molecule has 15 heavy (non-hydrogen) atoms. The largest absolute Gasteiger partial charge is 0.493 e. The van der Waals surface area contributed by atoms with Crippen LogP contribution in [0.4, 0.5) is 5.69 Å². The van der Waals surface area contributed by atoms with E-state index in [-0.39, 0.29) is 17.0 Å². The fraction of sp³-hybridized carbons (Fsp3) is 0.300. The Bertz CT molecular complexity index is 401.